The first-order valence-corrected chi connectivity index (χ1v) is 9.43. The number of amides is 1. The van der Waals surface area contributed by atoms with Gasteiger partial charge < -0.3 is 9.47 Å². The Morgan fingerprint density at radius 1 is 1.28 bits per heavy atom. The molecule has 0 radical (unpaired) electrons. The van der Waals surface area contributed by atoms with Crippen molar-refractivity contribution in [3.8, 4) is 0 Å². The van der Waals surface area contributed by atoms with Crippen molar-refractivity contribution in [3.63, 3.8) is 0 Å². The fourth-order valence-corrected chi connectivity index (χ4v) is 4.11. The largest absolute Gasteiger partial charge is 0.341 e. The van der Waals surface area contributed by atoms with Crippen molar-refractivity contribution >= 4 is 5.91 Å². The lowest BCUT2D eigenvalue weighted by molar-refractivity contribution is -0.133. The maximum Gasteiger partial charge on any atom is 0.226 e. The van der Waals surface area contributed by atoms with Crippen LogP contribution in [0.25, 0.3) is 0 Å². The van der Waals surface area contributed by atoms with E-state index in [0.29, 0.717) is 11.8 Å². The number of imidazole rings is 1. The Bertz CT molecular complexity index is 656. The topological polar surface area (TPSA) is 41.4 Å². The summed E-state index contributed by atoms with van der Waals surface area (Å²) >= 11 is 0. The summed E-state index contributed by atoms with van der Waals surface area (Å²) < 4.78 is 2.07. The Morgan fingerprint density at radius 2 is 2.04 bits per heavy atom. The molecular formula is C20H32N4O. The van der Waals surface area contributed by atoms with E-state index in [-0.39, 0.29) is 11.3 Å². The summed E-state index contributed by atoms with van der Waals surface area (Å²) in [4.78, 5) is 22.0. The second kappa shape index (κ2) is 6.94. The number of nitrogens with zero attached hydrogens (tertiary/aromatic N) is 4. The van der Waals surface area contributed by atoms with Gasteiger partial charge in [0.05, 0.1) is 12.5 Å². The van der Waals surface area contributed by atoms with Crippen molar-refractivity contribution in [3.05, 3.63) is 29.9 Å². The lowest BCUT2D eigenvalue weighted by Crippen LogP contribution is -2.37. The number of aryl methyl sites for hydroxylation is 1. The molecule has 1 saturated carbocycles. The summed E-state index contributed by atoms with van der Waals surface area (Å²) in [5.41, 5.74) is 1.42. The minimum Gasteiger partial charge on any atom is -0.341 e. The van der Waals surface area contributed by atoms with Crippen LogP contribution in [-0.2, 0) is 18.4 Å². The average molecular weight is 345 g/mol. The highest BCUT2D eigenvalue weighted by Gasteiger charge is 2.61. The predicted molar refractivity (Wildman–Crippen MR) is 99.9 cm³/mol. The number of hydrogen-bond donors (Lipinski definition) is 0. The summed E-state index contributed by atoms with van der Waals surface area (Å²) in [6, 6.07) is 0. The normalized spacial score (nSPS) is 26.2. The standard InChI is InChI=1S/C20H32N4O/c1-15(2)13-16-18(20(16,3)4)19(25)24-9-6-8-23(11-12-24)14-17-21-7-10-22(17)5/h7,10,13,16,18H,6,8-9,11-12,14H2,1-5H3/t16-,18-/m0/s1. The molecule has 0 aromatic carbocycles. The van der Waals surface area contributed by atoms with Crippen molar-refractivity contribution in [1.29, 1.82) is 0 Å². The molecule has 1 aromatic heterocycles. The fraction of sp³-hybridized carbons (Fsp3) is 0.700. The van der Waals surface area contributed by atoms with E-state index in [1.807, 2.05) is 19.4 Å². The van der Waals surface area contributed by atoms with Crippen LogP contribution < -0.4 is 0 Å². The average Bonchev–Trinajstić information content (AvgIpc) is 2.96. The molecule has 0 spiro atoms. The van der Waals surface area contributed by atoms with Crippen molar-refractivity contribution < 1.29 is 4.79 Å². The predicted octanol–water partition coefficient (Wildman–Crippen LogP) is 2.69. The van der Waals surface area contributed by atoms with Crippen molar-refractivity contribution in [1.82, 2.24) is 19.4 Å². The number of hydrogen-bond acceptors (Lipinski definition) is 3. The fourth-order valence-electron chi connectivity index (χ4n) is 4.11. The highest BCUT2D eigenvalue weighted by Crippen LogP contribution is 2.60. The molecule has 3 rings (SSSR count). The van der Waals surface area contributed by atoms with E-state index in [2.05, 4.69) is 53.1 Å². The number of aromatic nitrogens is 2. The lowest BCUT2D eigenvalue weighted by atomic mass is 10.1. The molecule has 1 aliphatic carbocycles. The van der Waals surface area contributed by atoms with Gasteiger partial charge in [-0.25, -0.2) is 4.98 Å². The van der Waals surface area contributed by atoms with Crippen LogP contribution in [-0.4, -0.2) is 51.4 Å². The highest BCUT2D eigenvalue weighted by molar-refractivity contribution is 5.83. The van der Waals surface area contributed by atoms with E-state index in [9.17, 15) is 4.79 Å². The summed E-state index contributed by atoms with van der Waals surface area (Å²) in [6.07, 6.45) is 7.16. The molecule has 138 valence electrons. The van der Waals surface area contributed by atoms with Gasteiger partial charge >= 0.3 is 0 Å². The van der Waals surface area contributed by atoms with Crippen LogP contribution in [0.4, 0.5) is 0 Å². The Balaban J connectivity index is 1.59. The quantitative estimate of drug-likeness (QED) is 0.789. The van der Waals surface area contributed by atoms with Gasteiger partial charge in [0.1, 0.15) is 5.82 Å². The SMILES string of the molecule is CC(C)=C[C@H]1[C@@H](C(=O)N2CCCN(Cc3nccn3C)CC2)C1(C)C. The third-order valence-corrected chi connectivity index (χ3v) is 5.88. The van der Waals surface area contributed by atoms with Crippen LogP contribution in [0.3, 0.4) is 0 Å². The molecule has 0 bridgehead atoms. The van der Waals surface area contributed by atoms with Gasteiger partial charge in [-0.15, -0.1) is 0 Å². The van der Waals surface area contributed by atoms with Crippen LogP contribution in [0, 0.1) is 17.3 Å². The van der Waals surface area contributed by atoms with Gasteiger partial charge in [-0.2, -0.15) is 0 Å². The molecule has 2 atom stereocenters. The summed E-state index contributed by atoms with van der Waals surface area (Å²) in [6.45, 7) is 13.2. The first-order valence-electron chi connectivity index (χ1n) is 9.43. The lowest BCUT2D eigenvalue weighted by Gasteiger charge is -2.22. The van der Waals surface area contributed by atoms with Gasteiger partial charge in [-0.3, -0.25) is 9.69 Å². The minimum atomic E-state index is 0.104. The maximum atomic E-state index is 13.1. The van der Waals surface area contributed by atoms with Crippen LogP contribution in [0.15, 0.2) is 24.0 Å². The highest BCUT2D eigenvalue weighted by atomic mass is 16.2. The van der Waals surface area contributed by atoms with Gasteiger partial charge in [0.25, 0.3) is 0 Å². The molecular weight excluding hydrogens is 312 g/mol. The number of carbonyl (C=O) groups excluding carboxylic acids is 1. The van der Waals surface area contributed by atoms with Gasteiger partial charge in [0.15, 0.2) is 0 Å². The number of carbonyl (C=O) groups is 1. The van der Waals surface area contributed by atoms with E-state index >= 15 is 0 Å². The molecule has 1 aromatic rings. The molecule has 1 aliphatic heterocycles. The molecule has 5 nitrogen and oxygen atoms in total. The third-order valence-electron chi connectivity index (χ3n) is 5.88. The van der Waals surface area contributed by atoms with Gasteiger partial charge in [-0.1, -0.05) is 25.5 Å². The molecule has 2 heterocycles. The third kappa shape index (κ3) is 3.81. The van der Waals surface area contributed by atoms with E-state index in [1.165, 1.54) is 5.57 Å². The van der Waals surface area contributed by atoms with Crippen molar-refractivity contribution in [2.24, 2.45) is 24.3 Å². The van der Waals surface area contributed by atoms with Crippen LogP contribution >= 0.6 is 0 Å². The Kier molecular flexibility index (Phi) is 5.05. The first-order chi connectivity index (χ1) is 11.8. The molecule has 1 amide bonds. The zero-order valence-corrected chi connectivity index (χ0v) is 16.3. The van der Waals surface area contributed by atoms with E-state index in [1.54, 1.807) is 0 Å². The van der Waals surface area contributed by atoms with Gasteiger partial charge in [0.2, 0.25) is 5.91 Å². The maximum absolute atomic E-state index is 13.1. The van der Waals surface area contributed by atoms with Crippen LogP contribution in [0.5, 0.6) is 0 Å². The van der Waals surface area contributed by atoms with E-state index in [0.717, 1.165) is 45.0 Å². The van der Waals surface area contributed by atoms with Crippen molar-refractivity contribution in [2.75, 3.05) is 26.2 Å². The van der Waals surface area contributed by atoms with E-state index < -0.39 is 0 Å². The molecule has 5 heteroatoms. The molecule has 1 saturated heterocycles. The monoisotopic (exact) mass is 344 g/mol. The smallest absolute Gasteiger partial charge is 0.226 e. The Hall–Kier alpha value is -1.62. The van der Waals surface area contributed by atoms with Crippen molar-refractivity contribution in [2.45, 2.75) is 40.7 Å². The molecule has 2 fully saturated rings. The van der Waals surface area contributed by atoms with Gasteiger partial charge in [0, 0.05) is 45.6 Å². The zero-order chi connectivity index (χ0) is 18.2. The Morgan fingerprint density at radius 3 is 2.68 bits per heavy atom. The minimum absolute atomic E-state index is 0.104. The second-order valence-electron chi connectivity index (χ2n) is 8.48. The first kappa shape index (κ1) is 18.2. The second-order valence-corrected chi connectivity index (χ2v) is 8.48. The zero-order valence-electron chi connectivity index (χ0n) is 16.3. The van der Waals surface area contributed by atoms with Crippen LogP contribution in [0.2, 0.25) is 0 Å². The summed E-state index contributed by atoms with van der Waals surface area (Å²) in [5, 5.41) is 0. The molecule has 0 unspecified atom stereocenters. The Labute approximate surface area is 151 Å². The molecule has 25 heavy (non-hydrogen) atoms. The molecule has 0 N–H and O–H groups in total. The summed E-state index contributed by atoms with van der Waals surface area (Å²) in [7, 11) is 2.04. The number of rotatable bonds is 4. The number of allylic oxidation sites excluding steroid dienone is 2. The summed E-state index contributed by atoms with van der Waals surface area (Å²) in [5.74, 6) is 2.00. The van der Waals surface area contributed by atoms with Crippen LogP contribution in [0.1, 0.15) is 39.9 Å². The molecule has 2 aliphatic rings. The van der Waals surface area contributed by atoms with Gasteiger partial charge in [-0.05, 0) is 31.6 Å². The van der Waals surface area contributed by atoms with E-state index in [4.69, 9.17) is 0 Å².